The monoisotopic (exact) mass is 328 g/mol. The van der Waals surface area contributed by atoms with E-state index in [-0.39, 0.29) is 17.0 Å². The van der Waals surface area contributed by atoms with Gasteiger partial charge < -0.3 is 4.90 Å². The van der Waals surface area contributed by atoms with Gasteiger partial charge in [-0.15, -0.1) is 0 Å². The van der Waals surface area contributed by atoms with Crippen LogP contribution >= 0.6 is 0 Å². The first-order valence-corrected chi connectivity index (χ1v) is 10.1. The highest BCUT2D eigenvalue weighted by Gasteiger charge is 2.65. The van der Waals surface area contributed by atoms with Crippen molar-refractivity contribution < 1.29 is 13.2 Å². The Balaban J connectivity index is 1.79. The van der Waals surface area contributed by atoms with Gasteiger partial charge in [-0.2, -0.15) is 4.31 Å². The van der Waals surface area contributed by atoms with E-state index in [1.165, 1.54) is 0 Å². The van der Waals surface area contributed by atoms with Crippen molar-refractivity contribution in [2.24, 2.45) is 16.7 Å². The number of nitrogens with zero attached hydrogens (tertiary/aromatic N) is 2. The first-order valence-electron chi connectivity index (χ1n) is 8.46. The molecule has 1 heterocycles. The Labute approximate surface area is 134 Å². The van der Waals surface area contributed by atoms with Crippen LogP contribution < -0.4 is 0 Å². The van der Waals surface area contributed by atoms with Crippen molar-refractivity contribution in [3.8, 4) is 0 Å². The molecule has 0 spiro atoms. The van der Waals surface area contributed by atoms with Crippen molar-refractivity contribution in [1.82, 2.24) is 9.21 Å². The Kier molecular flexibility index (Phi) is 3.94. The Morgan fingerprint density at radius 1 is 1.18 bits per heavy atom. The Bertz CT molecular complexity index is 564. The largest absolute Gasteiger partial charge is 0.301 e. The maximum absolute atomic E-state index is 12.9. The molecule has 0 radical (unpaired) electrons. The molecule has 3 fully saturated rings. The first-order chi connectivity index (χ1) is 10.2. The second-order valence-electron chi connectivity index (χ2n) is 7.76. The minimum absolute atomic E-state index is 0.0223. The summed E-state index contributed by atoms with van der Waals surface area (Å²) in [4.78, 5) is 14.8. The molecule has 0 unspecified atom stereocenters. The van der Waals surface area contributed by atoms with Crippen LogP contribution in [-0.2, 0) is 14.8 Å². The second-order valence-corrected chi connectivity index (χ2v) is 9.73. The van der Waals surface area contributed by atoms with Gasteiger partial charge in [-0.25, -0.2) is 8.42 Å². The molecule has 0 N–H and O–H groups in total. The van der Waals surface area contributed by atoms with Gasteiger partial charge in [-0.3, -0.25) is 4.79 Å². The van der Waals surface area contributed by atoms with E-state index in [0.717, 1.165) is 32.5 Å². The van der Waals surface area contributed by atoms with Crippen LogP contribution in [0.4, 0.5) is 0 Å². The summed E-state index contributed by atoms with van der Waals surface area (Å²) in [5, 5.41) is 0. The predicted octanol–water partition coefficient (Wildman–Crippen LogP) is 1.35. The van der Waals surface area contributed by atoms with Gasteiger partial charge in [0.25, 0.3) is 0 Å². The van der Waals surface area contributed by atoms with E-state index in [4.69, 9.17) is 0 Å². The van der Waals surface area contributed by atoms with Gasteiger partial charge in [0.05, 0.1) is 5.75 Å². The Morgan fingerprint density at radius 3 is 2.27 bits per heavy atom. The zero-order valence-corrected chi connectivity index (χ0v) is 14.8. The van der Waals surface area contributed by atoms with E-state index in [9.17, 15) is 13.2 Å². The summed E-state index contributed by atoms with van der Waals surface area (Å²) >= 11 is 0. The summed E-state index contributed by atoms with van der Waals surface area (Å²) in [6, 6.07) is 0. The zero-order chi connectivity index (χ0) is 16.2. The lowest BCUT2D eigenvalue weighted by Crippen LogP contribution is -2.52. The Hall–Kier alpha value is -0.460. The van der Waals surface area contributed by atoms with Crippen LogP contribution in [0.25, 0.3) is 0 Å². The number of ketones is 1. The fourth-order valence-electron chi connectivity index (χ4n) is 4.83. The highest BCUT2D eigenvalue weighted by molar-refractivity contribution is 7.89. The van der Waals surface area contributed by atoms with Gasteiger partial charge in [0.1, 0.15) is 5.78 Å². The number of fused-ring (bicyclic) bond motifs is 2. The summed E-state index contributed by atoms with van der Waals surface area (Å²) in [6.45, 7) is 9.97. The number of likely N-dealkylation sites (N-methyl/N-ethyl adjacent to an activating group) is 1. The molecule has 2 atom stereocenters. The SMILES string of the molecule is CCN1CCN(S(=O)(=O)C[C@]23CC[C@@H](CC2=O)C3(C)C)CC1. The van der Waals surface area contributed by atoms with Gasteiger partial charge >= 0.3 is 0 Å². The summed E-state index contributed by atoms with van der Waals surface area (Å²) < 4.78 is 27.4. The van der Waals surface area contributed by atoms with Crippen molar-refractivity contribution in [2.75, 3.05) is 38.5 Å². The average molecular weight is 328 g/mol. The lowest BCUT2D eigenvalue weighted by molar-refractivity contribution is -0.128. The van der Waals surface area contributed by atoms with Crippen molar-refractivity contribution in [3.63, 3.8) is 0 Å². The standard InChI is InChI=1S/C16H28N2O3S/c1-4-17-7-9-18(10-8-17)22(20,21)12-16-6-5-13(11-14(16)19)15(16,2)3/h13H,4-12H2,1-3H3/t13-,16+/m0/s1. The fraction of sp³-hybridized carbons (Fsp3) is 0.938. The van der Waals surface area contributed by atoms with Crippen molar-refractivity contribution in [3.05, 3.63) is 0 Å². The van der Waals surface area contributed by atoms with Crippen LogP contribution in [0.5, 0.6) is 0 Å². The maximum Gasteiger partial charge on any atom is 0.215 e. The van der Waals surface area contributed by atoms with Crippen molar-refractivity contribution >= 4 is 15.8 Å². The third-order valence-corrected chi connectivity index (χ3v) is 8.75. The van der Waals surface area contributed by atoms with E-state index in [0.29, 0.717) is 25.4 Å². The number of Topliss-reactive ketones (excluding diaryl/α,β-unsaturated/α-hetero) is 1. The molecule has 0 aromatic heterocycles. The molecule has 5 nitrogen and oxygen atoms in total. The average Bonchev–Trinajstić information content (AvgIpc) is 2.81. The van der Waals surface area contributed by atoms with Gasteiger partial charge in [-0.05, 0) is 30.7 Å². The summed E-state index contributed by atoms with van der Waals surface area (Å²) in [6.07, 6.45) is 2.32. The first kappa shape index (κ1) is 16.4. The van der Waals surface area contributed by atoms with Gasteiger partial charge in [0, 0.05) is 38.0 Å². The number of carbonyl (C=O) groups is 1. The predicted molar refractivity (Wildman–Crippen MR) is 86.0 cm³/mol. The number of piperazine rings is 1. The van der Waals surface area contributed by atoms with Crippen molar-refractivity contribution in [2.45, 2.75) is 40.0 Å². The van der Waals surface area contributed by atoms with Crippen molar-refractivity contribution in [1.29, 1.82) is 0 Å². The van der Waals surface area contributed by atoms with Gasteiger partial charge in [0.15, 0.2) is 0 Å². The third-order valence-electron chi connectivity index (χ3n) is 6.74. The molecule has 0 aromatic carbocycles. The lowest BCUT2D eigenvalue weighted by atomic mass is 9.70. The van der Waals surface area contributed by atoms with Crippen LogP contribution in [0.3, 0.4) is 0 Å². The van der Waals surface area contributed by atoms with Crippen LogP contribution in [0.15, 0.2) is 0 Å². The molecule has 0 aromatic rings. The number of rotatable bonds is 4. The molecule has 126 valence electrons. The van der Waals surface area contributed by atoms with E-state index in [1.54, 1.807) is 4.31 Å². The second kappa shape index (κ2) is 5.28. The molecule has 3 rings (SSSR count). The van der Waals surface area contributed by atoms with Crippen LogP contribution in [0.2, 0.25) is 0 Å². The Morgan fingerprint density at radius 2 is 1.82 bits per heavy atom. The fourth-order valence-corrected chi connectivity index (χ4v) is 7.04. The quantitative estimate of drug-likeness (QED) is 0.782. The highest BCUT2D eigenvalue weighted by atomic mass is 32.2. The van der Waals surface area contributed by atoms with Crippen LogP contribution in [-0.4, -0.2) is 61.9 Å². The minimum Gasteiger partial charge on any atom is -0.301 e. The highest BCUT2D eigenvalue weighted by Crippen LogP contribution is 2.64. The molecule has 3 aliphatic rings. The number of hydrogen-bond acceptors (Lipinski definition) is 4. The third kappa shape index (κ3) is 2.26. The van der Waals surface area contributed by atoms with Gasteiger partial charge in [0.2, 0.25) is 10.0 Å². The molecule has 6 heteroatoms. The molecule has 0 amide bonds. The number of carbonyl (C=O) groups excluding carboxylic acids is 1. The molecule has 2 saturated carbocycles. The molecule has 2 aliphatic carbocycles. The maximum atomic E-state index is 12.9. The van der Waals surface area contributed by atoms with Crippen LogP contribution in [0, 0.1) is 16.7 Å². The normalized spacial score (nSPS) is 36.1. The summed E-state index contributed by atoms with van der Waals surface area (Å²) in [5.41, 5.74) is -0.819. The van der Waals surface area contributed by atoms with Gasteiger partial charge in [-0.1, -0.05) is 20.8 Å². The van der Waals surface area contributed by atoms with E-state index in [1.807, 2.05) is 0 Å². The van der Waals surface area contributed by atoms with Crippen LogP contribution in [0.1, 0.15) is 40.0 Å². The van der Waals surface area contributed by atoms with E-state index >= 15 is 0 Å². The van der Waals surface area contributed by atoms with E-state index in [2.05, 4.69) is 25.7 Å². The lowest BCUT2D eigenvalue weighted by Gasteiger charge is -2.39. The topological polar surface area (TPSA) is 57.7 Å². The zero-order valence-electron chi connectivity index (χ0n) is 14.0. The molecular formula is C16H28N2O3S. The van der Waals surface area contributed by atoms with E-state index < -0.39 is 15.4 Å². The number of sulfonamides is 1. The number of hydrogen-bond donors (Lipinski definition) is 0. The molecule has 2 bridgehead atoms. The minimum atomic E-state index is -3.36. The summed E-state index contributed by atoms with van der Waals surface area (Å²) in [7, 11) is -3.36. The molecular weight excluding hydrogens is 300 g/mol. The smallest absolute Gasteiger partial charge is 0.215 e. The molecule has 22 heavy (non-hydrogen) atoms. The summed E-state index contributed by atoms with van der Waals surface area (Å²) in [5.74, 6) is 0.575. The molecule has 1 aliphatic heterocycles. The molecule has 1 saturated heterocycles.